The molecule has 4 atom stereocenters. The molecule has 1 aliphatic heterocycles. The van der Waals surface area contributed by atoms with Gasteiger partial charge < -0.3 is 40.3 Å². The van der Waals surface area contributed by atoms with Gasteiger partial charge in [-0.3, -0.25) is 9.69 Å². The summed E-state index contributed by atoms with van der Waals surface area (Å²) in [5.74, 6) is -0.0935. The molecule has 5 aromatic rings. The lowest BCUT2D eigenvalue weighted by Crippen LogP contribution is -2.53. The number of para-hydroxylation sites is 1. The fraction of sp³-hybridized carbons (Fsp3) is 0.415. The van der Waals surface area contributed by atoms with Crippen LogP contribution in [-0.4, -0.2) is 93.1 Å². The number of amides is 4. The van der Waals surface area contributed by atoms with E-state index in [1.165, 1.54) is 5.56 Å². The van der Waals surface area contributed by atoms with Gasteiger partial charge in [-0.05, 0) is 83.1 Å². The van der Waals surface area contributed by atoms with Crippen molar-refractivity contribution in [2.45, 2.75) is 102 Å². The number of H-pyrrole nitrogens is 2. The van der Waals surface area contributed by atoms with Gasteiger partial charge in [-0.25, -0.2) is 19.4 Å². The third kappa shape index (κ3) is 13.0. The highest BCUT2D eigenvalue weighted by atomic mass is 16.6. The summed E-state index contributed by atoms with van der Waals surface area (Å²) in [6.45, 7) is 12.0. The Morgan fingerprint density at radius 3 is 2.28 bits per heavy atom. The predicted octanol–water partition coefficient (Wildman–Crippen LogP) is 8.58. The molecular weight excluding hydrogens is 845 g/mol. The maximum atomic E-state index is 14.3. The number of allylic oxidation sites excluding steroid dienone is 3. The maximum Gasteiger partial charge on any atom is 0.407 e. The van der Waals surface area contributed by atoms with Gasteiger partial charge in [0.15, 0.2) is 0 Å². The molecule has 4 amide bonds. The van der Waals surface area contributed by atoms with Gasteiger partial charge in [0.25, 0.3) is 0 Å². The van der Waals surface area contributed by atoms with Crippen LogP contribution in [0, 0.1) is 5.92 Å². The van der Waals surface area contributed by atoms with Gasteiger partial charge in [0.1, 0.15) is 24.1 Å². The highest BCUT2D eigenvalue weighted by Gasteiger charge is 2.37. The lowest BCUT2D eigenvalue weighted by molar-refractivity contribution is -0.159. The molecule has 0 radical (unpaired) electrons. The van der Waals surface area contributed by atoms with E-state index in [1.807, 2.05) is 65.7 Å². The average molecular weight is 911 g/mol. The van der Waals surface area contributed by atoms with Crippen molar-refractivity contribution in [2.24, 2.45) is 5.92 Å². The van der Waals surface area contributed by atoms with Crippen molar-refractivity contribution in [2.75, 3.05) is 32.7 Å². The van der Waals surface area contributed by atoms with Crippen LogP contribution in [0.15, 0.2) is 122 Å². The number of urea groups is 1. The minimum atomic E-state index is -1.17. The number of aromatic nitrogens is 3. The first-order chi connectivity index (χ1) is 32.2. The molecule has 354 valence electrons. The number of aromatic amines is 2. The summed E-state index contributed by atoms with van der Waals surface area (Å²) >= 11 is 0. The Labute approximate surface area is 394 Å². The Morgan fingerprint density at radius 1 is 0.851 bits per heavy atom. The molecule has 2 unspecified atom stereocenters. The monoisotopic (exact) mass is 911 g/mol. The van der Waals surface area contributed by atoms with Crippen molar-refractivity contribution in [3.63, 3.8) is 0 Å². The minimum Gasteiger partial charge on any atom is -0.458 e. The molecule has 1 aliphatic carbocycles. The number of unbranched alkanes of at least 4 members (excludes halogenated alkanes) is 1. The predicted molar refractivity (Wildman–Crippen MR) is 260 cm³/mol. The van der Waals surface area contributed by atoms with E-state index in [9.17, 15) is 19.2 Å². The van der Waals surface area contributed by atoms with Crippen LogP contribution >= 0.6 is 0 Å². The SMILES string of the molecule is CC(C)(C)OC(=O)[C@@H](CCCCNC(=O)OCc1ccccc1)NC(=O)C(C)(C)c1cnc([C@@H](Cc2c[nH]c3ccccc23)NC(=O)N2CCN(C(c3ccccc3)C3C=CC=CC3)CC2)[nH]1. The van der Waals surface area contributed by atoms with Gasteiger partial charge in [-0.1, -0.05) is 103 Å². The van der Waals surface area contributed by atoms with Gasteiger partial charge in [0.2, 0.25) is 5.91 Å². The fourth-order valence-corrected chi connectivity index (χ4v) is 8.75. The zero-order chi connectivity index (χ0) is 47.4. The van der Waals surface area contributed by atoms with Crippen molar-refractivity contribution in [1.82, 2.24) is 40.7 Å². The fourth-order valence-electron chi connectivity index (χ4n) is 8.75. The molecule has 67 heavy (non-hydrogen) atoms. The highest BCUT2D eigenvalue weighted by molar-refractivity contribution is 5.91. The first kappa shape index (κ1) is 48.3. The molecule has 5 N–H and O–H groups in total. The number of carbonyl (C=O) groups is 4. The summed E-state index contributed by atoms with van der Waals surface area (Å²) in [7, 11) is 0. The smallest absolute Gasteiger partial charge is 0.407 e. The molecule has 0 spiro atoms. The van der Waals surface area contributed by atoms with Crippen molar-refractivity contribution >= 4 is 34.9 Å². The second-order valence-electron chi connectivity index (χ2n) is 19.0. The van der Waals surface area contributed by atoms with Crippen LogP contribution in [0.2, 0.25) is 0 Å². The molecule has 3 heterocycles. The van der Waals surface area contributed by atoms with Crippen LogP contribution in [0.3, 0.4) is 0 Å². The molecule has 1 fully saturated rings. The van der Waals surface area contributed by atoms with Crippen LogP contribution in [0.25, 0.3) is 10.9 Å². The number of rotatable bonds is 18. The minimum absolute atomic E-state index is 0.164. The largest absolute Gasteiger partial charge is 0.458 e. The third-order valence-corrected chi connectivity index (χ3v) is 12.5. The molecule has 7 rings (SSSR count). The number of benzene rings is 3. The Bertz CT molecular complexity index is 2480. The Hall–Kier alpha value is -6.67. The summed E-state index contributed by atoms with van der Waals surface area (Å²) < 4.78 is 11.0. The van der Waals surface area contributed by atoms with Gasteiger partial charge >= 0.3 is 18.1 Å². The van der Waals surface area contributed by atoms with Crippen LogP contribution in [-0.2, 0) is 37.5 Å². The molecule has 0 saturated carbocycles. The van der Waals surface area contributed by atoms with E-state index in [-0.39, 0.29) is 18.7 Å². The number of ether oxygens (including phenoxy) is 2. The van der Waals surface area contributed by atoms with E-state index in [4.69, 9.17) is 14.5 Å². The number of hydrogen-bond donors (Lipinski definition) is 5. The standard InChI is InChI=1S/C53H66N8O6/c1-52(2,3)67-48(62)43(27-17-18-28-54-51(65)66-36-37-19-9-6-10-20-37)57-49(63)53(4,5)45-35-56-47(59-45)44(33-40-34-55-42-26-16-15-25-41(40)42)58-50(64)61-31-29-60(30-32-61)46(38-21-11-7-12-22-38)39-23-13-8-14-24-39/h6-16,19-23,25-26,34-35,39,43-44,46,55H,17-18,24,27-33,36H2,1-5H3,(H,54,65)(H,56,59)(H,57,63)(H,58,64)/t39?,43-,44-,46?/m1/s1. The second kappa shape index (κ2) is 22.2. The maximum absolute atomic E-state index is 14.3. The van der Waals surface area contributed by atoms with E-state index in [1.54, 1.807) is 40.8 Å². The topological polar surface area (TPSA) is 174 Å². The number of piperazine rings is 1. The van der Waals surface area contributed by atoms with Gasteiger partial charge in [0.05, 0.1) is 11.5 Å². The zero-order valence-electron chi connectivity index (χ0n) is 39.4. The number of esters is 1. The van der Waals surface area contributed by atoms with Crippen LogP contribution in [0.5, 0.6) is 0 Å². The lowest BCUT2D eigenvalue weighted by Gasteiger charge is -2.42. The number of nitrogens with one attached hydrogen (secondary N) is 5. The summed E-state index contributed by atoms with van der Waals surface area (Å²) in [5, 5.41) is 10.1. The number of fused-ring (bicyclic) bond motifs is 1. The van der Waals surface area contributed by atoms with Crippen LogP contribution < -0.4 is 16.0 Å². The molecule has 1 saturated heterocycles. The first-order valence-electron chi connectivity index (χ1n) is 23.5. The lowest BCUT2D eigenvalue weighted by atomic mass is 9.86. The van der Waals surface area contributed by atoms with Crippen molar-refractivity contribution in [3.05, 3.63) is 150 Å². The van der Waals surface area contributed by atoms with E-state index in [0.29, 0.717) is 62.8 Å². The van der Waals surface area contributed by atoms with Crippen molar-refractivity contribution < 1.29 is 28.7 Å². The van der Waals surface area contributed by atoms with Gasteiger partial charge in [-0.2, -0.15) is 0 Å². The summed E-state index contributed by atoms with van der Waals surface area (Å²) in [4.78, 5) is 70.2. The van der Waals surface area contributed by atoms with Crippen LogP contribution in [0.4, 0.5) is 9.59 Å². The summed E-state index contributed by atoms with van der Waals surface area (Å²) in [5.41, 5.74) is 2.75. The number of carbonyl (C=O) groups excluding carboxylic acids is 4. The molecule has 2 aliphatic rings. The Morgan fingerprint density at radius 2 is 1.57 bits per heavy atom. The summed E-state index contributed by atoms with van der Waals surface area (Å²) in [6, 6.07) is 26.6. The normalized spacial score (nSPS) is 16.8. The average Bonchev–Trinajstić information content (AvgIpc) is 4.00. The molecule has 2 aromatic heterocycles. The van der Waals surface area contributed by atoms with E-state index >= 15 is 0 Å². The zero-order valence-corrected chi connectivity index (χ0v) is 39.4. The Balaban J connectivity index is 1.01. The van der Waals surface area contributed by atoms with Crippen molar-refractivity contribution in [1.29, 1.82) is 0 Å². The molecule has 3 aromatic carbocycles. The molecule has 0 bridgehead atoms. The first-order valence-corrected chi connectivity index (χ1v) is 23.5. The summed E-state index contributed by atoms with van der Waals surface area (Å²) in [6.07, 6.45) is 14.6. The van der Waals surface area contributed by atoms with Gasteiger partial charge in [-0.15, -0.1) is 0 Å². The number of nitrogens with zero attached hydrogens (tertiary/aromatic N) is 3. The molecule has 14 heteroatoms. The molecular formula is C53H66N8O6. The number of imidazole rings is 1. The third-order valence-electron chi connectivity index (χ3n) is 12.5. The number of hydrogen-bond acceptors (Lipinski definition) is 8. The van der Waals surface area contributed by atoms with Gasteiger partial charge in [0, 0.05) is 80.1 Å². The quantitative estimate of drug-likeness (QED) is 0.0430. The van der Waals surface area contributed by atoms with E-state index in [2.05, 4.69) is 85.5 Å². The van der Waals surface area contributed by atoms with E-state index < -0.39 is 41.1 Å². The molecule has 14 nitrogen and oxygen atoms in total. The number of alkyl carbamates (subject to hydrolysis) is 1. The van der Waals surface area contributed by atoms with Crippen LogP contribution in [0.1, 0.15) is 101 Å². The highest BCUT2D eigenvalue weighted by Crippen LogP contribution is 2.35. The van der Waals surface area contributed by atoms with Crippen molar-refractivity contribution in [3.8, 4) is 0 Å². The van der Waals surface area contributed by atoms with E-state index in [0.717, 1.165) is 41.5 Å². The second-order valence-corrected chi connectivity index (χ2v) is 19.0. The Kier molecular flexibility index (Phi) is 16.0.